The number of rotatable bonds is 1. The number of hydrogen-bond donors (Lipinski definition) is 2. The quantitative estimate of drug-likeness (QED) is 0.520. The van der Waals surface area contributed by atoms with Gasteiger partial charge in [0.05, 0.1) is 0 Å². The summed E-state index contributed by atoms with van der Waals surface area (Å²) in [5, 5.41) is 8.29. The Balaban J connectivity index is 3.50. The van der Waals surface area contributed by atoms with E-state index >= 15 is 0 Å². The Morgan fingerprint density at radius 2 is 1.85 bits per heavy atom. The number of aromatic carboxylic acids is 1. The predicted octanol–water partition coefficient (Wildman–Crippen LogP) is 1.38. The van der Waals surface area contributed by atoms with Gasteiger partial charge in [-0.05, 0) is 6.07 Å². The molecule has 0 saturated heterocycles. The van der Waals surface area contributed by atoms with Crippen molar-refractivity contribution in [2.75, 3.05) is 5.73 Å². The summed E-state index contributed by atoms with van der Waals surface area (Å²) in [5.74, 6) is -6.39. The molecule has 0 aromatic heterocycles. The normalized spacial score (nSPS) is 10.1. The zero-order chi connectivity index (χ0) is 10.2. The molecule has 1 aromatic carbocycles. The molecule has 0 radical (unpaired) electrons. The van der Waals surface area contributed by atoms with E-state index < -0.39 is 34.7 Å². The molecule has 0 aliphatic heterocycles. The van der Waals surface area contributed by atoms with Crippen molar-refractivity contribution >= 4 is 11.7 Å². The van der Waals surface area contributed by atoms with Gasteiger partial charge in [-0.15, -0.1) is 0 Å². The lowest BCUT2D eigenvalue weighted by Gasteiger charge is -2.02. The van der Waals surface area contributed by atoms with E-state index in [1.807, 2.05) is 0 Å². The van der Waals surface area contributed by atoms with Gasteiger partial charge in [-0.2, -0.15) is 0 Å². The Morgan fingerprint density at radius 1 is 1.31 bits per heavy atom. The lowest BCUT2D eigenvalue weighted by atomic mass is 10.2. The van der Waals surface area contributed by atoms with Crippen LogP contribution in [-0.2, 0) is 0 Å². The van der Waals surface area contributed by atoms with E-state index in [1.165, 1.54) is 0 Å². The maximum Gasteiger partial charge on any atom is 0.338 e. The summed E-state index contributed by atoms with van der Waals surface area (Å²) in [7, 11) is 0. The van der Waals surface area contributed by atoms with Gasteiger partial charge < -0.3 is 10.8 Å². The highest BCUT2D eigenvalue weighted by Gasteiger charge is 2.20. The maximum absolute atomic E-state index is 12.7. The molecule has 0 fully saturated rings. The van der Waals surface area contributed by atoms with Crippen LogP contribution < -0.4 is 5.73 Å². The number of anilines is 1. The summed E-state index contributed by atoms with van der Waals surface area (Å²) in [4.78, 5) is 10.2. The van der Waals surface area contributed by atoms with Crippen molar-refractivity contribution in [3.63, 3.8) is 0 Å². The van der Waals surface area contributed by atoms with E-state index in [1.54, 1.807) is 0 Å². The van der Waals surface area contributed by atoms with Crippen molar-refractivity contribution in [2.45, 2.75) is 0 Å². The zero-order valence-corrected chi connectivity index (χ0v) is 6.14. The summed E-state index contributed by atoms with van der Waals surface area (Å²) in [5.41, 5.74) is 2.66. The highest BCUT2D eigenvalue weighted by Crippen LogP contribution is 2.21. The largest absolute Gasteiger partial charge is 0.478 e. The Morgan fingerprint density at radius 3 is 2.31 bits per heavy atom. The summed E-state index contributed by atoms with van der Waals surface area (Å²) >= 11 is 0. The zero-order valence-electron chi connectivity index (χ0n) is 6.14. The van der Waals surface area contributed by atoms with Crippen LogP contribution in [-0.4, -0.2) is 11.1 Å². The van der Waals surface area contributed by atoms with E-state index in [2.05, 4.69) is 0 Å². The molecule has 3 nitrogen and oxygen atoms in total. The van der Waals surface area contributed by atoms with Crippen LogP contribution in [0, 0.1) is 17.5 Å². The fraction of sp³-hybridized carbons (Fsp3) is 0. The highest BCUT2D eigenvalue weighted by atomic mass is 19.2. The third-order valence-corrected chi connectivity index (χ3v) is 1.42. The van der Waals surface area contributed by atoms with E-state index in [0.29, 0.717) is 6.07 Å². The molecule has 1 rings (SSSR count). The number of hydrogen-bond acceptors (Lipinski definition) is 2. The van der Waals surface area contributed by atoms with Crippen LogP contribution in [0.5, 0.6) is 0 Å². The standard InChI is InChI=1S/C7H4F3NO2/c8-3-1-2(7(12)13)4(9)5(10)6(3)11/h1H,11H2,(H,12,13). The Kier molecular flexibility index (Phi) is 2.14. The van der Waals surface area contributed by atoms with E-state index in [-0.39, 0.29) is 0 Å². The Bertz CT molecular complexity index is 378. The van der Waals surface area contributed by atoms with Crippen LogP contribution >= 0.6 is 0 Å². The fourth-order valence-corrected chi connectivity index (χ4v) is 0.765. The average molecular weight is 191 g/mol. The molecule has 1 aromatic rings. The van der Waals surface area contributed by atoms with Crippen LogP contribution in [0.1, 0.15) is 10.4 Å². The van der Waals surface area contributed by atoms with Crippen molar-refractivity contribution in [1.29, 1.82) is 0 Å². The van der Waals surface area contributed by atoms with E-state index in [0.717, 1.165) is 0 Å². The summed E-state index contributed by atoms with van der Waals surface area (Å²) < 4.78 is 37.9. The van der Waals surface area contributed by atoms with Crippen molar-refractivity contribution in [1.82, 2.24) is 0 Å². The molecule has 0 heterocycles. The van der Waals surface area contributed by atoms with E-state index in [4.69, 9.17) is 10.8 Å². The molecule has 0 spiro atoms. The Hall–Kier alpha value is -1.72. The monoisotopic (exact) mass is 191 g/mol. The van der Waals surface area contributed by atoms with Crippen molar-refractivity contribution in [3.05, 3.63) is 29.1 Å². The summed E-state index contributed by atoms with van der Waals surface area (Å²) in [6, 6.07) is 0.329. The smallest absolute Gasteiger partial charge is 0.338 e. The average Bonchev–Trinajstić information content (AvgIpc) is 2.07. The summed E-state index contributed by atoms with van der Waals surface area (Å²) in [6.45, 7) is 0. The van der Waals surface area contributed by atoms with Crippen LogP contribution in [0.2, 0.25) is 0 Å². The second kappa shape index (κ2) is 2.96. The van der Waals surface area contributed by atoms with Crippen molar-refractivity contribution in [2.24, 2.45) is 0 Å². The minimum Gasteiger partial charge on any atom is -0.478 e. The molecule has 6 heteroatoms. The first-order valence-corrected chi connectivity index (χ1v) is 3.11. The molecule has 0 bridgehead atoms. The molecule has 13 heavy (non-hydrogen) atoms. The van der Waals surface area contributed by atoms with Crippen molar-refractivity contribution < 1.29 is 23.1 Å². The first kappa shape index (κ1) is 9.37. The first-order chi connectivity index (χ1) is 5.95. The van der Waals surface area contributed by atoms with Crippen LogP contribution in [0.15, 0.2) is 6.07 Å². The topological polar surface area (TPSA) is 63.3 Å². The molecule has 70 valence electrons. The predicted molar refractivity (Wildman–Crippen MR) is 37.7 cm³/mol. The first-order valence-electron chi connectivity index (χ1n) is 3.11. The molecule has 0 saturated carbocycles. The fourth-order valence-electron chi connectivity index (χ4n) is 0.765. The van der Waals surface area contributed by atoms with Gasteiger partial charge in [0.2, 0.25) is 0 Å². The minimum atomic E-state index is -1.75. The molecule has 3 N–H and O–H groups in total. The van der Waals surface area contributed by atoms with Gasteiger partial charge in [0.25, 0.3) is 0 Å². The second-order valence-electron chi connectivity index (χ2n) is 2.25. The van der Waals surface area contributed by atoms with Gasteiger partial charge in [0.1, 0.15) is 17.1 Å². The van der Waals surface area contributed by atoms with Gasteiger partial charge in [-0.25, -0.2) is 18.0 Å². The lowest BCUT2D eigenvalue weighted by Crippen LogP contribution is -2.07. The highest BCUT2D eigenvalue weighted by molar-refractivity contribution is 5.88. The van der Waals surface area contributed by atoms with Crippen LogP contribution in [0.25, 0.3) is 0 Å². The SMILES string of the molecule is Nc1c(F)cc(C(=O)O)c(F)c1F. The van der Waals surface area contributed by atoms with Gasteiger partial charge in [0.15, 0.2) is 11.6 Å². The van der Waals surface area contributed by atoms with Gasteiger partial charge in [0, 0.05) is 0 Å². The maximum atomic E-state index is 12.7. The van der Waals surface area contributed by atoms with E-state index in [9.17, 15) is 18.0 Å². The number of nitrogens with two attached hydrogens (primary N) is 1. The number of nitrogen functional groups attached to an aromatic ring is 1. The number of halogens is 3. The second-order valence-corrected chi connectivity index (χ2v) is 2.25. The number of carboxylic acids is 1. The third-order valence-electron chi connectivity index (χ3n) is 1.42. The van der Waals surface area contributed by atoms with Crippen molar-refractivity contribution in [3.8, 4) is 0 Å². The Labute approximate surface area is 70.6 Å². The molecule has 0 amide bonds. The molecular formula is C7H4F3NO2. The van der Waals surface area contributed by atoms with Crippen LogP contribution in [0.3, 0.4) is 0 Å². The van der Waals surface area contributed by atoms with Gasteiger partial charge >= 0.3 is 5.97 Å². The number of carbonyl (C=O) groups is 1. The number of carboxylic acid groups (broad SMARTS) is 1. The third kappa shape index (κ3) is 1.42. The molecule has 0 aliphatic rings. The minimum absolute atomic E-state index is 0.329. The van der Waals surface area contributed by atoms with Gasteiger partial charge in [-0.1, -0.05) is 0 Å². The molecule has 0 unspecified atom stereocenters. The molecule has 0 aliphatic carbocycles. The molecular weight excluding hydrogens is 187 g/mol. The molecule has 0 atom stereocenters. The van der Waals surface area contributed by atoms with Gasteiger partial charge in [-0.3, -0.25) is 0 Å². The lowest BCUT2D eigenvalue weighted by molar-refractivity contribution is 0.0690. The number of benzene rings is 1. The summed E-state index contributed by atoms with van der Waals surface area (Å²) in [6.07, 6.45) is 0. The van der Waals surface area contributed by atoms with Crippen LogP contribution in [0.4, 0.5) is 18.9 Å².